The molecule has 1 aromatic rings. The van der Waals surface area contributed by atoms with E-state index in [1.165, 1.54) is 26.4 Å². The number of nitro benzene ring substituents is 1. The molecule has 0 N–H and O–H groups in total. The molecule has 0 bridgehead atoms. The van der Waals surface area contributed by atoms with E-state index in [0.717, 1.165) is 38.5 Å². The van der Waals surface area contributed by atoms with Gasteiger partial charge in [0.2, 0.25) is 0 Å². The van der Waals surface area contributed by atoms with Crippen molar-refractivity contribution in [2.24, 2.45) is 0 Å². The van der Waals surface area contributed by atoms with Crippen LogP contribution in [0.1, 0.15) is 57.9 Å². The number of nitrogens with zero attached hydrogens (tertiary/aromatic N) is 2. The maximum atomic E-state index is 12.5. The fraction of sp³-hybridized carbons (Fsp3) is 0.650. The summed E-state index contributed by atoms with van der Waals surface area (Å²) in [5.74, 6) is 0.604. The van der Waals surface area contributed by atoms with Gasteiger partial charge in [0.25, 0.3) is 5.69 Å². The standard InChI is InChI=1S/C20H32N2O6/c1-5-7-9-11-21(12-10-8-6-2)20(23)28-15-16-13-18(26-3)19(27-4)14-17(16)22(24)25/h13-14H,5-12,15H2,1-4H3. The summed E-state index contributed by atoms with van der Waals surface area (Å²) in [4.78, 5) is 25.1. The summed E-state index contributed by atoms with van der Waals surface area (Å²) < 4.78 is 15.7. The van der Waals surface area contributed by atoms with Gasteiger partial charge in [0, 0.05) is 13.1 Å². The van der Waals surface area contributed by atoms with Gasteiger partial charge in [-0.15, -0.1) is 0 Å². The lowest BCUT2D eigenvalue weighted by atomic mass is 10.1. The van der Waals surface area contributed by atoms with E-state index < -0.39 is 11.0 Å². The van der Waals surface area contributed by atoms with Crippen LogP contribution in [0.2, 0.25) is 0 Å². The third kappa shape index (κ3) is 7.25. The molecule has 0 aliphatic heterocycles. The lowest BCUT2D eigenvalue weighted by molar-refractivity contribution is -0.385. The lowest BCUT2D eigenvalue weighted by Gasteiger charge is -2.22. The largest absolute Gasteiger partial charge is 0.493 e. The molecule has 1 rings (SSSR count). The molecule has 8 heteroatoms. The van der Waals surface area contributed by atoms with E-state index >= 15 is 0 Å². The van der Waals surface area contributed by atoms with Crippen LogP contribution >= 0.6 is 0 Å². The average molecular weight is 396 g/mol. The van der Waals surface area contributed by atoms with Crippen LogP contribution in [0.5, 0.6) is 11.5 Å². The molecular weight excluding hydrogens is 364 g/mol. The number of carbonyl (C=O) groups is 1. The second-order valence-corrected chi connectivity index (χ2v) is 6.55. The van der Waals surface area contributed by atoms with E-state index in [-0.39, 0.29) is 23.6 Å². The molecule has 0 saturated heterocycles. The fourth-order valence-corrected chi connectivity index (χ4v) is 2.83. The second-order valence-electron chi connectivity index (χ2n) is 6.55. The highest BCUT2D eigenvalue weighted by Gasteiger charge is 2.22. The zero-order valence-electron chi connectivity index (χ0n) is 17.4. The SMILES string of the molecule is CCCCCN(CCCCC)C(=O)OCc1cc(OC)c(OC)cc1[N+](=O)[O-]. The number of ether oxygens (including phenoxy) is 3. The van der Waals surface area contributed by atoms with Gasteiger partial charge in [-0.25, -0.2) is 4.79 Å². The number of methoxy groups -OCH3 is 2. The minimum atomic E-state index is -0.522. The molecule has 0 fully saturated rings. The summed E-state index contributed by atoms with van der Waals surface area (Å²) in [5, 5.41) is 11.4. The monoisotopic (exact) mass is 396 g/mol. The van der Waals surface area contributed by atoms with Crippen LogP contribution in [-0.4, -0.2) is 43.2 Å². The third-order valence-electron chi connectivity index (χ3n) is 4.45. The fourth-order valence-electron chi connectivity index (χ4n) is 2.83. The van der Waals surface area contributed by atoms with Gasteiger partial charge in [0.15, 0.2) is 11.5 Å². The van der Waals surface area contributed by atoms with Crippen LogP contribution in [0, 0.1) is 10.1 Å². The molecule has 0 radical (unpaired) electrons. The molecule has 1 aromatic carbocycles. The summed E-state index contributed by atoms with van der Waals surface area (Å²) in [5.41, 5.74) is 0.0898. The summed E-state index contributed by atoms with van der Waals surface area (Å²) in [6.45, 7) is 5.27. The van der Waals surface area contributed by atoms with Crippen LogP contribution in [0.25, 0.3) is 0 Å². The molecular formula is C20H32N2O6. The summed E-state index contributed by atoms with van der Waals surface area (Å²) in [7, 11) is 2.86. The van der Waals surface area contributed by atoms with Crippen molar-refractivity contribution in [3.8, 4) is 11.5 Å². The van der Waals surface area contributed by atoms with E-state index in [1.54, 1.807) is 4.90 Å². The topological polar surface area (TPSA) is 91.1 Å². The number of nitro groups is 1. The number of benzene rings is 1. The van der Waals surface area contributed by atoms with Gasteiger partial charge in [-0.05, 0) is 18.9 Å². The molecule has 0 aromatic heterocycles. The Hall–Kier alpha value is -2.51. The van der Waals surface area contributed by atoms with Gasteiger partial charge in [-0.3, -0.25) is 10.1 Å². The van der Waals surface area contributed by atoms with Crippen LogP contribution in [0.15, 0.2) is 12.1 Å². The zero-order chi connectivity index (χ0) is 20.9. The Morgan fingerprint density at radius 3 is 2.00 bits per heavy atom. The van der Waals surface area contributed by atoms with Crippen molar-refractivity contribution in [1.29, 1.82) is 0 Å². The first-order chi connectivity index (χ1) is 13.5. The molecule has 8 nitrogen and oxygen atoms in total. The normalized spacial score (nSPS) is 10.4. The van der Waals surface area contributed by atoms with Crippen molar-refractivity contribution in [3.05, 3.63) is 27.8 Å². The van der Waals surface area contributed by atoms with E-state index in [1.807, 2.05) is 0 Å². The summed E-state index contributed by atoms with van der Waals surface area (Å²) in [6, 6.07) is 2.75. The summed E-state index contributed by atoms with van der Waals surface area (Å²) in [6.07, 6.45) is 5.59. The molecule has 0 unspecified atom stereocenters. The van der Waals surface area contributed by atoms with Gasteiger partial charge in [-0.2, -0.15) is 0 Å². The Bertz CT molecular complexity index is 625. The average Bonchev–Trinajstić information content (AvgIpc) is 2.70. The molecule has 0 saturated carbocycles. The number of carbonyl (C=O) groups excluding carboxylic acids is 1. The highest BCUT2D eigenvalue weighted by molar-refractivity contribution is 5.68. The smallest absolute Gasteiger partial charge is 0.410 e. The predicted molar refractivity (Wildman–Crippen MR) is 107 cm³/mol. The van der Waals surface area contributed by atoms with E-state index in [4.69, 9.17) is 14.2 Å². The second kappa shape index (κ2) is 12.8. The van der Waals surface area contributed by atoms with E-state index in [2.05, 4.69) is 13.8 Å². The predicted octanol–water partition coefficient (Wildman–Crippen LogP) is 4.93. The Morgan fingerprint density at radius 2 is 1.54 bits per heavy atom. The number of rotatable bonds is 13. The van der Waals surface area contributed by atoms with E-state index in [9.17, 15) is 14.9 Å². The van der Waals surface area contributed by atoms with Crippen molar-refractivity contribution >= 4 is 11.8 Å². The van der Waals surface area contributed by atoms with Crippen molar-refractivity contribution in [2.75, 3.05) is 27.3 Å². The number of unbranched alkanes of at least 4 members (excludes halogenated alkanes) is 4. The summed E-state index contributed by atoms with van der Waals surface area (Å²) >= 11 is 0. The quantitative estimate of drug-likeness (QED) is 0.267. The van der Waals surface area contributed by atoms with Crippen molar-refractivity contribution < 1.29 is 23.9 Å². The van der Waals surface area contributed by atoms with Crippen LogP contribution < -0.4 is 9.47 Å². The minimum absolute atomic E-state index is 0.172. The number of hydrogen-bond acceptors (Lipinski definition) is 6. The zero-order valence-corrected chi connectivity index (χ0v) is 17.4. The molecule has 0 aliphatic rings. The van der Waals surface area contributed by atoms with Gasteiger partial charge >= 0.3 is 6.09 Å². The first kappa shape index (κ1) is 23.5. The highest BCUT2D eigenvalue weighted by Crippen LogP contribution is 2.34. The van der Waals surface area contributed by atoms with Gasteiger partial charge < -0.3 is 19.1 Å². The first-order valence-corrected chi connectivity index (χ1v) is 9.79. The maximum absolute atomic E-state index is 12.5. The molecule has 1 amide bonds. The lowest BCUT2D eigenvalue weighted by Crippen LogP contribution is -2.33. The molecule has 0 atom stereocenters. The van der Waals surface area contributed by atoms with Crippen molar-refractivity contribution in [3.63, 3.8) is 0 Å². The molecule has 158 valence electrons. The molecule has 0 heterocycles. The minimum Gasteiger partial charge on any atom is -0.493 e. The van der Waals surface area contributed by atoms with Gasteiger partial charge in [0.05, 0.1) is 30.8 Å². The molecule has 0 aliphatic carbocycles. The Kier molecular flexibility index (Phi) is 10.8. The number of hydrogen-bond donors (Lipinski definition) is 0. The number of amides is 1. The Balaban J connectivity index is 2.87. The molecule has 28 heavy (non-hydrogen) atoms. The first-order valence-electron chi connectivity index (χ1n) is 9.79. The van der Waals surface area contributed by atoms with Gasteiger partial charge in [-0.1, -0.05) is 39.5 Å². The van der Waals surface area contributed by atoms with Crippen LogP contribution in [0.4, 0.5) is 10.5 Å². The molecule has 0 spiro atoms. The van der Waals surface area contributed by atoms with Crippen LogP contribution in [-0.2, 0) is 11.3 Å². The van der Waals surface area contributed by atoms with E-state index in [0.29, 0.717) is 18.8 Å². The maximum Gasteiger partial charge on any atom is 0.410 e. The highest BCUT2D eigenvalue weighted by atomic mass is 16.6. The van der Waals surface area contributed by atoms with Crippen LogP contribution in [0.3, 0.4) is 0 Å². The Labute approximate surface area is 166 Å². The Morgan fingerprint density at radius 1 is 1.00 bits per heavy atom. The van der Waals surface area contributed by atoms with Gasteiger partial charge in [0.1, 0.15) is 6.61 Å². The van der Waals surface area contributed by atoms with Crippen molar-refractivity contribution in [1.82, 2.24) is 4.90 Å². The van der Waals surface area contributed by atoms with Crippen molar-refractivity contribution in [2.45, 2.75) is 59.0 Å². The third-order valence-corrected chi connectivity index (χ3v) is 4.45.